The van der Waals surface area contributed by atoms with Crippen LogP contribution in [0.25, 0.3) is 6.08 Å². The first-order valence-corrected chi connectivity index (χ1v) is 9.84. The molecule has 0 radical (unpaired) electrons. The van der Waals surface area contributed by atoms with Crippen molar-refractivity contribution in [1.29, 1.82) is 0 Å². The first-order valence-electron chi connectivity index (χ1n) is 9.84. The van der Waals surface area contributed by atoms with Gasteiger partial charge in [-0.3, -0.25) is 9.59 Å². The van der Waals surface area contributed by atoms with E-state index in [1.54, 1.807) is 4.90 Å². The van der Waals surface area contributed by atoms with Crippen molar-refractivity contribution in [2.75, 3.05) is 17.6 Å². The van der Waals surface area contributed by atoms with Crippen molar-refractivity contribution >= 4 is 29.3 Å². The first-order chi connectivity index (χ1) is 14.3. The second-order valence-corrected chi connectivity index (χ2v) is 7.61. The highest BCUT2D eigenvalue weighted by Gasteiger charge is 2.35. The molecule has 2 amide bonds. The quantitative estimate of drug-likeness (QED) is 0.724. The van der Waals surface area contributed by atoms with Crippen LogP contribution in [0.2, 0.25) is 0 Å². The van der Waals surface area contributed by atoms with Crippen LogP contribution in [0.3, 0.4) is 0 Å². The number of benzene rings is 2. The highest BCUT2D eigenvalue weighted by Crippen LogP contribution is 2.27. The Morgan fingerprint density at radius 1 is 1.27 bits per heavy atom. The molecule has 2 unspecified atom stereocenters. The maximum Gasteiger partial charge on any atom is 0.229 e. The number of nitrogens with zero attached hydrogens (tertiary/aromatic N) is 1. The van der Waals surface area contributed by atoms with E-state index in [1.165, 1.54) is 19.1 Å². The van der Waals surface area contributed by atoms with Crippen molar-refractivity contribution in [3.8, 4) is 0 Å². The third-order valence-electron chi connectivity index (χ3n) is 5.36. The van der Waals surface area contributed by atoms with Crippen LogP contribution in [-0.4, -0.2) is 29.3 Å². The summed E-state index contributed by atoms with van der Waals surface area (Å²) < 4.78 is 28.0. The minimum absolute atomic E-state index is 0.00569. The summed E-state index contributed by atoms with van der Waals surface area (Å²) in [6.45, 7) is 3.65. The largest absolute Gasteiger partial charge is 0.396 e. The molecular weight excluding hydrogens is 388 g/mol. The molecule has 0 saturated carbocycles. The molecule has 1 aliphatic heterocycles. The van der Waals surface area contributed by atoms with Gasteiger partial charge in [0.15, 0.2) is 0 Å². The molecule has 0 bridgehead atoms. The standard InChI is InChI=1S/C23H25F2N3O2/c1-14-11-19(24)18(22(26)21(14)25)9-6-10-20(29)28-13-16(12-15(28)2)23(30)27-17-7-4-3-5-8-17/h3-9,11,15-16H,10,12-13,26H2,1-2H3,(H,27,30)/b9-6+. The SMILES string of the molecule is Cc1cc(F)c(/C=C/CC(=O)N2CC(C(=O)Nc3ccccc3)CC2C)c(N)c1F. The van der Waals surface area contributed by atoms with Gasteiger partial charge in [0.2, 0.25) is 11.8 Å². The maximum atomic E-state index is 14.1. The summed E-state index contributed by atoms with van der Waals surface area (Å²) in [5.41, 5.74) is 6.15. The van der Waals surface area contributed by atoms with E-state index in [0.717, 1.165) is 6.07 Å². The molecule has 0 aliphatic carbocycles. The van der Waals surface area contributed by atoms with Crippen LogP contribution in [0.5, 0.6) is 0 Å². The number of hydrogen-bond acceptors (Lipinski definition) is 3. The van der Waals surface area contributed by atoms with Gasteiger partial charge in [0, 0.05) is 30.3 Å². The molecule has 5 nitrogen and oxygen atoms in total. The minimum Gasteiger partial charge on any atom is -0.396 e. The molecule has 0 spiro atoms. The highest BCUT2D eigenvalue weighted by atomic mass is 19.1. The van der Waals surface area contributed by atoms with Crippen molar-refractivity contribution in [3.05, 3.63) is 65.2 Å². The zero-order chi connectivity index (χ0) is 21.8. The van der Waals surface area contributed by atoms with Crippen molar-refractivity contribution in [3.63, 3.8) is 0 Å². The Hall–Kier alpha value is -3.22. The lowest BCUT2D eigenvalue weighted by Crippen LogP contribution is -2.34. The van der Waals surface area contributed by atoms with Crippen LogP contribution in [0.4, 0.5) is 20.2 Å². The van der Waals surface area contributed by atoms with E-state index < -0.39 is 11.6 Å². The zero-order valence-corrected chi connectivity index (χ0v) is 17.0. The second kappa shape index (κ2) is 9.07. The number of carbonyl (C=O) groups excluding carboxylic acids is 2. The van der Waals surface area contributed by atoms with Gasteiger partial charge < -0.3 is 16.0 Å². The van der Waals surface area contributed by atoms with Crippen LogP contribution in [0, 0.1) is 24.5 Å². The summed E-state index contributed by atoms with van der Waals surface area (Å²) in [6, 6.07) is 10.1. The van der Waals surface area contributed by atoms with Gasteiger partial charge in [-0.05, 0) is 44.0 Å². The van der Waals surface area contributed by atoms with Gasteiger partial charge in [-0.2, -0.15) is 0 Å². The number of halogens is 2. The lowest BCUT2D eigenvalue weighted by molar-refractivity contribution is -0.131. The predicted octanol–water partition coefficient (Wildman–Crippen LogP) is 4.13. The second-order valence-electron chi connectivity index (χ2n) is 7.61. The van der Waals surface area contributed by atoms with E-state index in [9.17, 15) is 18.4 Å². The number of nitrogen functional groups attached to an aromatic ring is 1. The smallest absolute Gasteiger partial charge is 0.229 e. The molecule has 2 aromatic rings. The number of para-hydroxylation sites is 1. The predicted molar refractivity (Wildman–Crippen MR) is 114 cm³/mol. The molecule has 1 saturated heterocycles. The van der Waals surface area contributed by atoms with E-state index in [1.807, 2.05) is 37.3 Å². The van der Waals surface area contributed by atoms with Gasteiger partial charge in [0.05, 0.1) is 11.6 Å². The third kappa shape index (κ3) is 4.67. The molecule has 3 rings (SSSR count). The first kappa shape index (κ1) is 21.5. The zero-order valence-electron chi connectivity index (χ0n) is 17.0. The summed E-state index contributed by atoms with van der Waals surface area (Å²) in [7, 11) is 0. The van der Waals surface area contributed by atoms with E-state index in [-0.39, 0.29) is 47.0 Å². The molecule has 3 N–H and O–H groups in total. The molecule has 1 fully saturated rings. The van der Waals surface area contributed by atoms with Gasteiger partial charge in [-0.15, -0.1) is 0 Å². The fourth-order valence-corrected chi connectivity index (χ4v) is 3.69. The maximum absolute atomic E-state index is 14.1. The van der Waals surface area contributed by atoms with Gasteiger partial charge in [-0.1, -0.05) is 30.4 Å². The Balaban J connectivity index is 1.60. The highest BCUT2D eigenvalue weighted by molar-refractivity contribution is 5.93. The number of carbonyl (C=O) groups is 2. The van der Waals surface area contributed by atoms with Crippen molar-refractivity contribution in [1.82, 2.24) is 4.90 Å². The van der Waals surface area contributed by atoms with Crippen LogP contribution in [0.1, 0.15) is 30.9 Å². The number of amides is 2. The van der Waals surface area contributed by atoms with E-state index in [0.29, 0.717) is 18.7 Å². The van der Waals surface area contributed by atoms with Gasteiger partial charge in [0.1, 0.15) is 11.6 Å². The molecule has 158 valence electrons. The van der Waals surface area contributed by atoms with Gasteiger partial charge in [0.25, 0.3) is 0 Å². The molecule has 1 aliphatic rings. The average Bonchev–Trinajstić information content (AvgIpc) is 3.11. The van der Waals surface area contributed by atoms with Crippen LogP contribution in [-0.2, 0) is 9.59 Å². The Morgan fingerprint density at radius 2 is 1.97 bits per heavy atom. The summed E-state index contributed by atoms with van der Waals surface area (Å²) in [5, 5.41) is 2.87. The molecule has 2 aromatic carbocycles. The number of anilines is 2. The topological polar surface area (TPSA) is 75.4 Å². The lowest BCUT2D eigenvalue weighted by atomic mass is 10.1. The van der Waals surface area contributed by atoms with Gasteiger partial charge in [-0.25, -0.2) is 8.78 Å². The molecule has 30 heavy (non-hydrogen) atoms. The minimum atomic E-state index is -0.664. The fraction of sp³-hybridized carbons (Fsp3) is 0.304. The van der Waals surface area contributed by atoms with Crippen LogP contribution < -0.4 is 11.1 Å². The number of aryl methyl sites for hydroxylation is 1. The van der Waals surface area contributed by atoms with Crippen molar-refractivity contribution < 1.29 is 18.4 Å². The normalized spacial score (nSPS) is 18.7. The van der Waals surface area contributed by atoms with E-state index in [2.05, 4.69) is 5.32 Å². The van der Waals surface area contributed by atoms with Crippen molar-refractivity contribution in [2.45, 2.75) is 32.7 Å². The molecule has 0 aromatic heterocycles. The van der Waals surface area contributed by atoms with E-state index >= 15 is 0 Å². The fourth-order valence-electron chi connectivity index (χ4n) is 3.69. The Kier molecular flexibility index (Phi) is 6.50. The number of nitrogens with one attached hydrogen (secondary N) is 1. The number of rotatable bonds is 5. The van der Waals surface area contributed by atoms with Crippen LogP contribution >= 0.6 is 0 Å². The summed E-state index contributed by atoms with van der Waals surface area (Å²) in [6.07, 6.45) is 3.37. The Labute approximate surface area is 174 Å². The molecule has 1 heterocycles. The van der Waals surface area contributed by atoms with Gasteiger partial charge >= 0.3 is 0 Å². The van der Waals surface area contributed by atoms with Crippen molar-refractivity contribution in [2.24, 2.45) is 5.92 Å². The number of likely N-dealkylation sites (tertiary alicyclic amines) is 1. The molecule has 7 heteroatoms. The number of hydrogen-bond donors (Lipinski definition) is 2. The summed E-state index contributed by atoms with van der Waals surface area (Å²) >= 11 is 0. The Morgan fingerprint density at radius 3 is 2.67 bits per heavy atom. The lowest BCUT2D eigenvalue weighted by Gasteiger charge is -2.20. The number of nitrogens with two attached hydrogens (primary N) is 1. The van der Waals surface area contributed by atoms with Crippen LogP contribution in [0.15, 0.2) is 42.5 Å². The monoisotopic (exact) mass is 413 g/mol. The summed E-state index contributed by atoms with van der Waals surface area (Å²) in [4.78, 5) is 26.8. The molecule has 2 atom stereocenters. The third-order valence-corrected chi connectivity index (χ3v) is 5.36. The average molecular weight is 413 g/mol. The summed E-state index contributed by atoms with van der Waals surface area (Å²) in [5.74, 6) is -1.90. The molecular formula is C23H25F2N3O2. The van der Waals surface area contributed by atoms with E-state index in [4.69, 9.17) is 5.73 Å². The Bertz CT molecular complexity index is 976.